The molecule has 0 bridgehead atoms. The third kappa shape index (κ3) is 4.30. The molecule has 0 aromatic heterocycles. The fraction of sp³-hybridized carbons (Fsp3) is 0.182. The van der Waals surface area contributed by atoms with Gasteiger partial charge >= 0.3 is 0 Å². The van der Waals surface area contributed by atoms with Crippen LogP contribution in [-0.4, -0.2) is 13.3 Å². The Morgan fingerprint density at radius 1 is 0.897 bits per heavy atom. The molecule has 0 saturated carbocycles. The molecule has 0 aliphatic rings. The van der Waals surface area contributed by atoms with Crippen molar-refractivity contribution in [2.45, 2.75) is 31.7 Å². The van der Waals surface area contributed by atoms with Crippen LogP contribution in [0.5, 0.6) is 0 Å². The van der Waals surface area contributed by atoms with Crippen LogP contribution < -0.4 is 4.31 Å². The molecule has 0 aliphatic heterocycles. The number of benzene rings is 3. The van der Waals surface area contributed by atoms with Crippen LogP contribution in [0.2, 0.25) is 0 Å². The normalized spacial score (nSPS) is 12.4. The molecule has 6 nitrogen and oxygen atoms in total. The van der Waals surface area contributed by atoms with Crippen molar-refractivity contribution in [3.05, 3.63) is 99.6 Å². The first-order valence-corrected chi connectivity index (χ1v) is 10.6. The molecule has 7 heteroatoms. The Morgan fingerprint density at radius 3 is 2.17 bits per heavy atom. The van der Waals surface area contributed by atoms with Crippen LogP contribution in [0.15, 0.2) is 77.7 Å². The third-order valence-corrected chi connectivity index (χ3v) is 6.65. The van der Waals surface area contributed by atoms with Crippen molar-refractivity contribution in [1.29, 1.82) is 0 Å². The number of hydrogen-bond acceptors (Lipinski definition) is 4. The van der Waals surface area contributed by atoms with E-state index >= 15 is 0 Å². The summed E-state index contributed by atoms with van der Waals surface area (Å²) in [6.07, 6.45) is 0. The van der Waals surface area contributed by atoms with Crippen LogP contribution in [-0.2, 0) is 10.0 Å². The van der Waals surface area contributed by atoms with Crippen molar-refractivity contribution < 1.29 is 13.3 Å². The average Bonchev–Trinajstić information content (AvgIpc) is 2.68. The van der Waals surface area contributed by atoms with Crippen LogP contribution in [0, 0.1) is 24.0 Å². The minimum atomic E-state index is -4.06. The molecule has 0 spiro atoms. The van der Waals surface area contributed by atoms with Gasteiger partial charge in [0.15, 0.2) is 0 Å². The molecular weight excluding hydrogens is 388 g/mol. The zero-order valence-corrected chi connectivity index (χ0v) is 17.3. The first kappa shape index (κ1) is 20.5. The van der Waals surface area contributed by atoms with E-state index in [1.165, 1.54) is 22.5 Å². The Balaban J connectivity index is 2.17. The summed E-state index contributed by atoms with van der Waals surface area (Å²) in [6, 6.07) is 19.5. The highest BCUT2D eigenvalue weighted by Gasteiger charge is 2.31. The number of non-ortho nitro benzene ring substituents is 1. The summed E-state index contributed by atoms with van der Waals surface area (Å²) in [6.45, 7) is 5.66. The lowest BCUT2D eigenvalue weighted by atomic mass is 10.1. The van der Waals surface area contributed by atoms with Gasteiger partial charge in [0.25, 0.3) is 15.7 Å². The van der Waals surface area contributed by atoms with Crippen molar-refractivity contribution in [3.63, 3.8) is 0 Å². The number of nitrogens with zero attached hydrogens (tertiary/aromatic N) is 2. The topological polar surface area (TPSA) is 80.5 Å². The van der Waals surface area contributed by atoms with Crippen molar-refractivity contribution in [1.82, 2.24) is 0 Å². The zero-order valence-electron chi connectivity index (χ0n) is 16.4. The van der Waals surface area contributed by atoms with E-state index in [0.717, 1.165) is 22.8 Å². The monoisotopic (exact) mass is 410 g/mol. The summed E-state index contributed by atoms with van der Waals surface area (Å²) in [5, 5.41) is 11.1. The molecule has 0 saturated heterocycles. The summed E-state index contributed by atoms with van der Waals surface area (Å²) in [5.41, 5.74) is 3.05. The summed E-state index contributed by atoms with van der Waals surface area (Å²) in [5.74, 6) is 0. The molecule has 29 heavy (non-hydrogen) atoms. The summed E-state index contributed by atoms with van der Waals surface area (Å²) < 4.78 is 28.5. The van der Waals surface area contributed by atoms with Gasteiger partial charge in [-0.25, -0.2) is 8.42 Å². The maximum atomic E-state index is 13.6. The summed E-state index contributed by atoms with van der Waals surface area (Å²) >= 11 is 0. The lowest BCUT2D eigenvalue weighted by Gasteiger charge is -2.31. The van der Waals surface area contributed by atoms with Crippen LogP contribution in [0.4, 0.5) is 11.4 Å². The van der Waals surface area contributed by atoms with Gasteiger partial charge in [-0.05, 0) is 50.1 Å². The van der Waals surface area contributed by atoms with Crippen molar-refractivity contribution >= 4 is 21.4 Å². The smallest absolute Gasteiger partial charge is 0.259 e. The molecule has 1 atom stereocenters. The van der Waals surface area contributed by atoms with Crippen LogP contribution in [0.1, 0.15) is 29.7 Å². The highest BCUT2D eigenvalue weighted by Crippen LogP contribution is 2.34. The predicted octanol–water partition coefficient (Wildman–Crippen LogP) is 5.17. The second kappa shape index (κ2) is 8.05. The number of anilines is 1. The number of rotatable bonds is 6. The van der Waals surface area contributed by atoms with Crippen molar-refractivity contribution in [2.75, 3.05) is 4.31 Å². The molecule has 3 aromatic carbocycles. The lowest BCUT2D eigenvalue weighted by Crippen LogP contribution is -2.33. The standard InChI is InChI=1S/C22H22N2O4S/c1-16-10-12-19(13-11-16)18(3)23(20-7-4-6-17(2)14-20)29(27,28)22-9-5-8-21(15-22)24(25)26/h4-15,18H,1-3H3. The highest BCUT2D eigenvalue weighted by molar-refractivity contribution is 7.92. The maximum absolute atomic E-state index is 13.6. The van der Waals surface area contributed by atoms with Gasteiger partial charge in [-0.15, -0.1) is 0 Å². The van der Waals surface area contributed by atoms with Gasteiger partial charge in [0.2, 0.25) is 0 Å². The van der Waals surface area contributed by atoms with Gasteiger partial charge < -0.3 is 0 Å². The molecule has 0 fully saturated rings. The molecule has 0 aliphatic carbocycles. The first-order valence-electron chi connectivity index (χ1n) is 9.12. The maximum Gasteiger partial charge on any atom is 0.270 e. The number of aryl methyl sites for hydroxylation is 2. The van der Waals surface area contributed by atoms with Crippen molar-refractivity contribution in [3.8, 4) is 0 Å². The quantitative estimate of drug-likeness (QED) is 0.415. The van der Waals surface area contributed by atoms with E-state index in [2.05, 4.69) is 0 Å². The highest BCUT2D eigenvalue weighted by atomic mass is 32.2. The minimum Gasteiger partial charge on any atom is -0.259 e. The third-order valence-electron chi connectivity index (χ3n) is 4.75. The van der Waals surface area contributed by atoms with E-state index in [1.807, 2.05) is 51.1 Å². The first-order chi connectivity index (χ1) is 13.7. The van der Waals surface area contributed by atoms with Gasteiger partial charge in [0, 0.05) is 12.1 Å². The van der Waals surface area contributed by atoms with Crippen LogP contribution in [0.3, 0.4) is 0 Å². The fourth-order valence-corrected chi connectivity index (χ4v) is 4.86. The number of nitro groups is 1. The lowest BCUT2D eigenvalue weighted by molar-refractivity contribution is -0.385. The molecule has 0 radical (unpaired) electrons. The Kier molecular flexibility index (Phi) is 5.70. The second-order valence-corrected chi connectivity index (χ2v) is 8.80. The van der Waals surface area contributed by atoms with Crippen molar-refractivity contribution in [2.24, 2.45) is 0 Å². The molecule has 3 aromatic rings. The SMILES string of the molecule is Cc1ccc(C(C)N(c2cccc(C)c2)S(=O)(=O)c2cccc([N+](=O)[O-])c2)cc1. The Labute approximate surface area is 170 Å². The Morgan fingerprint density at radius 2 is 1.55 bits per heavy atom. The van der Waals surface area contributed by atoms with Crippen LogP contribution >= 0.6 is 0 Å². The summed E-state index contributed by atoms with van der Waals surface area (Å²) in [7, 11) is -4.06. The Hall–Kier alpha value is -3.19. The van der Waals surface area contributed by atoms with E-state index in [4.69, 9.17) is 0 Å². The number of sulfonamides is 1. The number of nitro benzene ring substituents is 1. The molecule has 0 N–H and O–H groups in total. The molecule has 150 valence electrons. The predicted molar refractivity (Wildman–Crippen MR) is 114 cm³/mol. The largest absolute Gasteiger partial charge is 0.270 e. The van der Waals surface area contributed by atoms with E-state index in [-0.39, 0.29) is 10.6 Å². The molecule has 0 amide bonds. The second-order valence-electron chi connectivity index (χ2n) is 6.98. The molecular formula is C22H22N2O4S. The number of hydrogen-bond donors (Lipinski definition) is 0. The van der Waals surface area contributed by atoms with E-state index < -0.39 is 21.0 Å². The van der Waals surface area contributed by atoms with Gasteiger partial charge in [-0.3, -0.25) is 14.4 Å². The minimum absolute atomic E-state index is 0.118. The van der Waals surface area contributed by atoms with Gasteiger partial charge in [-0.1, -0.05) is 48.0 Å². The van der Waals surface area contributed by atoms with Gasteiger partial charge in [0.1, 0.15) is 0 Å². The van der Waals surface area contributed by atoms with Gasteiger partial charge in [0.05, 0.1) is 21.5 Å². The molecule has 1 unspecified atom stereocenters. The Bertz CT molecular complexity index is 1140. The molecule has 0 heterocycles. The van der Waals surface area contributed by atoms with E-state index in [1.54, 1.807) is 18.2 Å². The average molecular weight is 410 g/mol. The van der Waals surface area contributed by atoms with Gasteiger partial charge in [-0.2, -0.15) is 0 Å². The van der Waals surface area contributed by atoms with E-state index in [9.17, 15) is 18.5 Å². The summed E-state index contributed by atoms with van der Waals surface area (Å²) in [4.78, 5) is 10.4. The molecule has 3 rings (SSSR count). The zero-order chi connectivity index (χ0) is 21.2. The van der Waals surface area contributed by atoms with E-state index in [0.29, 0.717) is 5.69 Å². The van der Waals surface area contributed by atoms with Crippen LogP contribution in [0.25, 0.3) is 0 Å². The fourth-order valence-electron chi connectivity index (χ4n) is 3.19.